The topological polar surface area (TPSA) is 156 Å². The van der Waals surface area contributed by atoms with Crippen molar-refractivity contribution in [2.75, 3.05) is 13.1 Å². The van der Waals surface area contributed by atoms with E-state index in [9.17, 15) is 19.0 Å². The van der Waals surface area contributed by atoms with Crippen LogP contribution in [0.25, 0.3) is 0 Å². The van der Waals surface area contributed by atoms with Crippen LogP contribution in [0, 0.1) is 0 Å². The Balaban J connectivity index is 3.01. The number of carboxylic acid groups (broad SMARTS) is 1. The van der Waals surface area contributed by atoms with Gasteiger partial charge in [0.05, 0.1) is 0 Å². The largest absolute Gasteiger partial charge is 0.480 e. The molecule has 0 radical (unpaired) electrons. The van der Waals surface area contributed by atoms with Gasteiger partial charge >= 0.3 is 21.2 Å². The molecule has 0 aliphatic heterocycles. The zero-order chi connectivity index (χ0) is 19.8. The van der Waals surface area contributed by atoms with Crippen molar-refractivity contribution in [2.24, 2.45) is 0 Å². The molecule has 0 bridgehead atoms. The number of hydrogen-bond donors (Lipinski definition) is 5. The highest BCUT2D eigenvalue weighted by atomic mass is 31.2. The Labute approximate surface area is 150 Å². The Hall–Kier alpha value is -1.57. The maximum Gasteiger partial charge on any atom is 0.348 e. The van der Waals surface area contributed by atoms with Gasteiger partial charge in [-0.25, -0.2) is 0 Å². The van der Waals surface area contributed by atoms with Gasteiger partial charge in [-0.2, -0.15) is 0 Å². The summed E-state index contributed by atoms with van der Waals surface area (Å²) in [5.41, 5.74) is 0.739. The van der Waals surface area contributed by atoms with Crippen LogP contribution in [-0.4, -0.2) is 54.7 Å². The van der Waals surface area contributed by atoms with Crippen molar-refractivity contribution in [1.82, 2.24) is 4.90 Å². The fraction of sp³-hybridized carbons (Fsp3) is 0.267. The number of benzene rings is 1. The van der Waals surface area contributed by atoms with E-state index in [1.807, 2.05) is 0 Å². The minimum Gasteiger partial charge on any atom is -0.480 e. The Kier molecular flexibility index (Phi) is 8.59. The molecule has 0 aliphatic rings. The second-order valence-corrected chi connectivity index (χ2v) is 8.40. The van der Waals surface area contributed by atoms with E-state index in [-0.39, 0.29) is 19.5 Å². The van der Waals surface area contributed by atoms with Gasteiger partial charge in [-0.05, 0) is 12.0 Å². The second-order valence-electron chi connectivity index (χ2n) is 5.45. The maximum absolute atomic E-state index is 11.7. The van der Waals surface area contributed by atoms with Gasteiger partial charge in [0, 0.05) is 24.7 Å². The number of carboxylic acids is 1. The summed E-state index contributed by atoms with van der Waals surface area (Å²) in [5, 5.41) is 9.53. The summed E-state index contributed by atoms with van der Waals surface area (Å²) in [7, 11) is -8.78. The van der Waals surface area contributed by atoms with Crippen LogP contribution < -0.4 is 0 Å². The lowest BCUT2D eigenvalue weighted by atomic mass is 10.0. The molecule has 26 heavy (non-hydrogen) atoms. The minimum absolute atomic E-state index is 0.115. The van der Waals surface area contributed by atoms with Gasteiger partial charge in [0.1, 0.15) is 6.04 Å². The van der Waals surface area contributed by atoms with Crippen molar-refractivity contribution < 1.29 is 38.6 Å². The smallest absolute Gasteiger partial charge is 0.348 e. The number of aliphatic carboxylic acids is 1. The summed E-state index contributed by atoms with van der Waals surface area (Å²) < 4.78 is 21.8. The highest BCUT2D eigenvalue weighted by Gasteiger charge is 2.25. The molecule has 1 rings (SSSR count). The summed E-state index contributed by atoms with van der Waals surface area (Å²) >= 11 is 0. The standard InChI is InChI=1S/C15H21NO8P2/c17-15(18)14(12-13-6-2-1-3-7-13)16(8-4-10-25(19,20)21)9-5-11-26(22,23)24/h1-7,10-11,14H,8-9,12H2,(H,17,18)(H2,19,20,21)(H2,22,23,24)/t14-/m0/s1. The summed E-state index contributed by atoms with van der Waals surface area (Å²) in [6.45, 7) is -0.249. The number of rotatable bonds is 10. The Morgan fingerprint density at radius 2 is 1.42 bits per heavy atom. The molecule has 0 heterocycles. The highest BCUT2D eigenvalue weighted by molar-refractivity contribution is 7.55. The number of carbonyl (C=O) groups is 1. The first kappa shape index (κ1) is 22.5. The van der Waals surface area contributed by atoms with Crippen molar-refractivity contribution in [3.05, 3.63) is 59.7 Å². The molecule has 1 aromatic carbocycles. The van der Waals surface area contributed by atoms with E-state index in [1.54, 1.807) is 30.3 Å². The number of nitrogens with zero attached hydrogens (tertiary/aromatic N) is 1. The molecule has 9 nitrogen and oxygen atoms in total. The Morgan fingerprint density at radius 3 is 1.81 bits per heavy atom. The molecule has 11 heteroatoms. The first-order valence-electron chi connectivity index (χ1n) is 7.44. The molecule has 0 unspecified atom stereocenters. The zero-order valence-corrected chi connectivity index (χ0v) is 15.5. The molecule has 0 spiro atoms. The van der Waals surface area contributed by atoms with Crippen LogP contribution in [0.3, 0.4) is 0 Å². The van der Waals surface area contributed by atoms with Gasteiger partial charge in [-0.15, -0.1) is 0 Å². The molecule has 0 aliphatic carbocycles. The lowest BCUT2D eigenvalue weighted by Gasteiger charge is -2.27. The SMILES string of the molecule is O=C(O)[C@H](Cc1ccccc1)N(CC=CP(=O)(O)O)CC=CP(=O)(O)O. The average Bonchev–Trinajstić information content (AvgIpc) is 2.50. The first-order chi connectivity index (χ1) is 12.0. The lowest BCUT2D eigenvalue weighted by Crippen LogP contribution is -2.43. The molecule has 0 saturated heterocycles. The Morgan fingerprint density at radius 1 is 0.962 bits per heavy atom. The molecule has 1 aromatic rings. The summed E-state index contributed by atoms with van der Waals surface area (Å²) in [6.07, 6.45) is 2.38. The summed E-state index contributed by atoms with van der Waals surface area (Å²) in [5.74, 6) is 0.158. The third-order valence-corrected chi connectivity index (χ3v) is 4.48. The van der Waals surface area contributed by atoms with E-state index < -0.39 is 27.2 Å². The number of hydrogen-bond acceptors (Lipinski definition) is 4. The molecule has 0 fully saturated rings. The molecule has 0 amide bonds. The second kappa shape index (κ2) is 9.94. The third kappa shape index (κ3) is 9.79. The fourth-order valence-electron chi connectivity index (χ4n) is 2.18. The zero-order valence-electron chi connectivity index (χ0n) is 13.7. The van der Waals surface area contributed by atoms with Gasteiger partial charge in [-0.3, -0.25) is 18.8 Å². The quantitative estimate of drug-likeness (QED) is 0.363. The molecular weight excluding hydrogens is 384 g/mol. The van der Waals surface area contributed by atoms with Gasteiger partial charge in [0.15, 0.2) is 0 Å². The van der Waals surface area contributed by atoms with Crippen molar-refractivity contribution in [2.45, 2.75) is 12.5 Å². The third-order valence-electron chi connectivity index (χ3n) is 3.28. The average molecular weight is 405 g/mol. The monoisotopic (exact) mass is 405 g/mol. The molecular formula is C15H21NO8P2. The predicted octanol–water partition coefficient (Wildman–Crippen LogP) is 1.37. The normalized spacial score (nSPS) is 14.3. The van der Waals surface area contributed by atoms with Crippen molar-refractivity contribution >= 4 is 21.2 Å². The van der Waals surface area contributed by atoms with Crippen LogP contribution in [0.2, 0.25) is 0 Å². The van der Waals surface area contributed by atoms with E-state index in [4.69, 9.17) is 19.6 Å². The van der Waals surface area contributed by atoms with Crippen LogP contribution in [0.15, 0.2) is 54.1 Å². The van der Waals surface area contributed by atoms with Gasteiger partial charge in [-0.1, -0.05) is 42.5 Å². The molecule has 5 N–H and O–H groups in total. The van der Waals surface area contributed by atoms with Crippen molar-refractivity contribution in [3.8, 4) is 0 Å². The van der Waals surface area contributed by atoms with Gasteiger partial charge < -0.3 is 24.7 Å². The van der Waals surface area contributed by atoms with Gasteiger partial charge in [0.25, 0.3) is 0 Å². The van der Waals surface area contributed by atoms with E-state index in [1.165, 1.54) is 4.90 Å². The summed E-state index contributed by atoms with van der Waals surface area (Å²) in [4.78, 5) is 48.5. The van der Waals surface area contributed by atoms with Crippen molar-refractivity contribution in [3.63, 3.8) is 0 Å². The molecule has 0 aromatic heterocycles. The van der Waals surface area contributed by atoms with Gasteiger partial charge in [0.2, 0.25) is 0 Å². The first-order valence-corrected chi connectivity index (χ1v) is 10.8. The molecule has 1 atom stereocenters. The molecule has 144 valence electrons. The van der Waals surface area contributed by atoms with Crippen molar-refractivity contribution in [1.29, 1.82) is 0 Å². The minimum atomic E-state index is -4.39. The lowest BCUT2D eigenvalue weighted by molar-refractivity contribution is -0.142. The van der Waals surface area contributed by atoms with E-state index in [0.717, 1.165) is 17.7 Å². The Bertz CT molecular complexity index is 703. The van der Waals surface area contributed by atoms with E-state index in [2.05, 4.69) is 0 Å². The van der Waals surface area contributed by atoms with Crippen LogP contribution >= 0.6 is 15.2 Å². The predicted molar refractivity (Wildman–Crippen MR) is 95.5 cm³/mol. The van der Waals surface area contributed by atoms with Crippen LogP contribution in [0.5, 0.6) is 0 Å². The van der Waals surface area contributed by atoms with Crippen LogP contribution in [0.4, 0.5) is 0 Å². The van der Waals surface area contributed by atoms with E-state index in [0.29, 0.717) is 11.6 Å². The van der Waals surface area contributed by atoms with Crippen LogP contribution in [-0.2, 0) is 20.3 Å². The fourth-order valence-corrected chi connectivity index (χ4v) is 2.92. The maximum atomic E-state index is 11.7. The summed E-state index contributed by atoms with van der Waals surface area (Å²) in [6, 6.07) is 7.71. The molecule has 0 saturated carbocycles. The highest BCUT2D eigenvalue weighted by Crippen LogP contribution is 2.36. The van der Waals surface area contributed by atoms with E-state index >= 15 is 0 Å². The van der Waals surface area contributed by atoms with Crippen LogP contribution in [0.1, 0.15) is 5.56 Å².